The minimum Gasteiger partial charge on any atom is -0.493 e. The van der Waals surface area contributed by atoms with Gasteiger partial charge in [0, 0.05) is 5.56 Å². The molecule has 6 heteroatoms. The fourth-order valence-corrected chi connectivity index (χ4v) is 2.67. The molecule has 0 saturated heterocycles. The highest BCUT2D eigenvalue weighted by Gasteiger charge is 2.28. The number of rotatable bonds is 4. The van der Waals surface area contributed by atoms with E-state index in [0.717, 1.165) is 11.1 Å². The quantitative estimate of drug-likeness (QED) is 0.939. The largest absolute Gasteiger partial charge is 0.493 e. The molecule has 0 aromatic heterocycles. The summed E-state index contributed by atoms with van der Waals surface area (Å²) < 4.78 is 21.3. The van der Waals surface area contributed by atoms with E-state index in [1.165, 1.54) is 0 Å². The molecule has 0 radical (unpaired) electrons. The molecule has 120 valence electrons. The first-order valence-corrected chi connectivity index (χ1v) is 7.05. The second-order valence-corrected chi connectivity index (χ2v) is 4.96. The Morgan fingerprint density at radius 2 is 1.65 bits per heavy atom. The van der Waals surface area contributed by atoms with Crippen LogP contribution in [0.3, 0.4) is 0 Å². The highest BCUT2D eigenvalue weighted by Crippen LogP contribution is 2.42. The zero-order valence-corrected chi connectivity index (χ0v) is 13.1. The Morgan fingerprint density at radius 1 is 1.00 bits per heavy atom. The van der Waals surface area contributed by atoms with Gasteiger partial charge < -0.3 is 24.3 Å². The summed E-state index contributed by atoms with van der Waals surface area (Å²) in [6, 6.07) is 10.7. The minimum atomic E-state index is -0.498. The second-order valence-electron chi connectivity index (χ2n) is 4.96. The summed E-state index contributed by atoms with van der Waals surface area (Å²) in [4.78, 5) is 11.8. The van der Waals surface area contributed by atoms with Crippen molar-refractivity contribution in [3.05, 3.63) is 47.5 Å². The standard InChI is InChI=1S/C17H17NO5/c1-20-13-8-10(9-14(21-2)16(13)22-3)15-11-6-4-5-7-12(11)23-17(19)18-15/h4-9,15H,1-3H3,(H,18,19). The van der Waals surface area contributed by atoms with Gasteiger partial charge in [-0.15, -0.1) is 0 Å². The molecule has 3 rings (SSSR count). The van der Waals surface area contributed by atoms with Crippen molar-refractivity contribution in [1.29, 1.82) is 0 Å². The first kappa shape index (κ1) is 15.0. The van der Waals surface area contributed by atoms with Crippen molar-refractivity contribution in [2.75, 3.05) is 21.3 Å². The molecule has 0 fully saturated rings. The number of hydrogen-bond acceptors (Lipinski definition) is 5. The maximum Gasteiger partial charge on any atom is 0.413 e. The van der Waals surface area contributed by atoms with E-state index in [-0.39, 0.29) is 6.04 Å². The molecule has 0 bridgehead atoms. The van der Waals surface area contributed by atoms with Crippen molar-refractivity contribution in [3.8, 4) is 23.0 Å². The predicted molar refractivity (Wildman–Crippen MR) is 83.5 cm³/mol. The number of nitrogens with one attached hydrogen (secondary N) is 1. The lowest BCUT2D eigenvalue weighted by atomic mass is 9.96. The van der Waals surface area contributed by atoms with Gasteiger partial charge in [-0.1, -0.05) is 18.2 Å². The van der Waals surface area contributed by atoms with Gasteiger partial charge in [0.05, 0.1) is 27.4 Å². The van der Waals surface area contributed by atoms with Gasteiger partial charge in [0.2, 0.25) is 5.75 Å². The van der Waals surface area contributed by atoms with E-state index in [1.54, 1.807) is 27.4 Å². The number of methoxy groups -OCH3 is 3. The van der Waals surface area contributed by atoms with Gasteiger partial charge in [-0.25, -0.2) is 4.79 Å². The molecule has 1 amide bonds. The third-order valence-electron chi connectivity index (χ3n) is 3.72. The van der Waals surface area contributed by atoms with Crippen LogP contribution in [-0.2, 0) is 0 Å². The Morgan fingerprint density at radius 3 is 2.26 bits per heavy atom. The zero-order chi connectivity index (χ0) is 16.4. The predicted octanol–water partition coefficient (Wildman–Crippen LogP) is 2.90. The lowest BCUT2D eigenvalue weighted by Gasteiger charge is -2.27. The molecular formula is C17H17NO5. The molecule has 1 aliphatic rings. The van der Waals surface area contributed by atoms with Gasteiger partial charge >= 0.3 is 6.09 Å². The average molecular weight is 315 g/mol. The first-order chi connectivity index (χ1) is 11.2. The van der Waals surface area contributed by atoms with E-state index >= 15 is 0 Å². The molecule has 0 saturated carbocycles. The fraction of sp³-hybridized carbons (Fsp3) is 0.235. The van der Waals surface area contributed by atoms with Crippen LogP contribution in [0.25, 0.3) is 0 Å². The number of benzene rings is 2. The Bertz CT molecular complexity index is 719. The Balaban J connectivity index is 2.13. The van der Waals surface area contributed by atoms with E-state index in [2.05, 4.69) is 5.32 Å². The highest BCUT2D eigenvalue weighted by atomic mass is 16.6. The Kier molecular flexibility index (Phi) is 3.97. The number of hydrogen-bond donors (Lipinski definition) is 1. The van der Waals surface area contributed by atoms with Crippen molar-refractivity contribution in [3.63, 3.8) is 0 Å². The van der Waals surface area contributed by atoms with E-state index in [0.29, 0.717) is 23.0 Å². The van der Waals surface area contributed by atoms with Crippen molar-refractivity contribution in [2.24, 2.45) is 0 Å². The van der Waals surface area contributed by atoms with Crippen molar-refractivity contribution < 1.29 is 23.7 Å². The van der Waals surface area contributed by atoms with Crippen molar-refractivity contribution >= 4 is 6.09 Å². The molecule has 0 spiro atoms. The van der Waals surface area contributed by atoms with Crippen LogP contribution in [0.15, 0.2) is 36.4 Å². The summed E-state index contributed by atoms with van der Waals surface area (Å²) in [5.74, 6) is 2.10. The molecule has 1 atom stereocenters. The molecule has 1 N–H and O–H groups in total. The smallest absolute Gasteiger partial charge is 0.413 e. The number of amides is 1. The van der Waals surface area contributed by atoms with Gasteiger partial charge in [-0.05, 0) is 23.8 Å². The molecule has 2 aromatic carbocycles. The van der Waals surface area contributed by atoms with Crippen molar-refractivity contribution in [2.45, 2.75) is 6.04 Å². The van der Waals surface area contributed by atoms with Gasteiger partial charge in [-0.3, -0.25) is 0 Å². The van der Waals surface area contributed by atoms with Crippen LogP contribution < -0.4 is 24.3 Å². The van der Waals surface area contributed by atoms with E-state index in [4.69, 9.17) is 18.9 Å². The Hall–Kier alpha value is -2.89. The van der Waals surface area contributed by atoms with Crippen LogP contribution in [0, 0.1) is 0 Å². The third kappa shape index (κ3) is 2.63. The fourth-order valence-electron chi connectivity index (χ4n) is 2.67. The SMILES string of the molecule is COc1cc(C2NC(=O)Oc3ccccc32)cc(OC)c1OC. The normalized spacial score (nSPS) is 16.0. The first-order valence-electron chi connectivity index (χ1n) is 7.05. The molecule has 23 heavy (non-hydrogen) atoms. The molecule has 2 aromatic rings. The second kappa shape index (κ2) is 6.08. The van der Waals surface area contributed by atoms with Gasteiger partial charge in [0.25, 0.3) is 0 Å². The highest BCUT2D eigenvalue weighted by molar-refractivity contribution is 5.75. The maximum absolute atomic E-state index is 11.8. The molecule has 6 nitrogen and oxygen atoms in total. The molecule has 1 unspecified atom stereocenters. The Labute approximate surface area is 133 Å². The third-order valence-corrected chi connectivity index (χ3v) is 3.72. The summed E-state index contributed by atoms with van der Waals surface area (Å²) in [6.45, 7) is 0. The van der Waals surface area contributed by atoms with Crippen LogP contribution in [0.2, 0.25) is 0 Å². The summed E-state index contributed by atoms with van der Waals surface area (Å²) >= 11 is 0. The summed E-state index contributed by atoms with van der Waals surface area (Å²) in [6.07, 6.45) is -0.498. The molecular weight excluding hydrogens is 298 g/mol. The number of carbonyl (C=O) groups excluding carboxylic acids is 1. The topological polar surface area (TPSA) is 66.0 Å². The molecule has 0 aliphatic carbocycles. The van der Waals surface area contributed by atoms with E-state index in [1.807, 2.05) is 30.3 Å². The van der Waals surface area contributed by atoms with E-state index < -0.39 is 6.09 Å². The van der Waals surface area contributed by atoms with Crippen LogP contribution >= 0.6 is 0 Å². The number of ether oxygens (including phenoxy) is 4. The summed E-state index contributed by atoms with van der Waals surface area (Å²) in [7, 11) is 4.65. The molecule has 1 aliphatic heterocycles. The molecule has 1 heterocycles. The van der Waals surface area contributed by atoms with Crippen LogP contribution in [0.1, 0.15) is 17.2 Å². The number of para-hydroxylation sites is 1. The number of fused-ring (bicyclic) bond motifs is 1. The zero-order valence-electron chi connectivity index (χ0n) is 13.1. The lowest BCUT2D eigenvalue weighted by molar-refractivity contribution is 0.191. The van der Waals surface area contributed by atoms with Gasteiger partial charge in [0.1, 0.15) is 5.75 Å². The number of carbonyl (C=O) groups is 1. The summed E-state index contributed by atoms with van der Waals surface area (Å²) in [5.41, 5.74) is 1.67. The van der Waals surface area contributed by atoms with Crippen LogP contribution in [0.5, 0.6) is 23.0 Å². The van der Waals surface area contributed by atoms with Gasteiger partial charge in [-0.2, -0.15) is 0 Å². The minimum absolute atomic E-state index is 0.360. The average Bonchev–Trinajstić information content (AvgIpc) is 2.59. The van der Waals surface area contributed by atoms with Gasteiger partial charge in [0.15, 0.2) is 11.5 Å². The maximum atomic E-state index is 11.8. The monoisotopic (exact) mass is 315 g/mol. The lowest BCUT2D eigenvalue weighted by Crippen LogP contribution is -2.36. The summed E-state index contributed by atoms with van der Waals surface area (Å²) in [5, 5.41) is 2.82. The van der Waals surface area contributed by atoms with E-state index in [9.17, 15) is 4.79 Å². The van der Waals surface area contributed by atoms with Crippen LogP contribution in [0.4, 0.5) is 4.79 Å². The van der Waals surface area contributed by atoms with Crippen molar-refractivity contribution in [1.82, 2.24) is 5.32 Å². The van der Waals surface area contributed by atoms with Crippen LogP contribution in [-0.4, -0.2) is 27.4 Å².